The zero-order valence-electron chi connectivity index (χ0n) is 16.7. The molecule has 1 aliphatic heterocycles. The van der Waals surface area contributed by atoms with Crippen molar-refractivity contribution in [3.63, 3.8) is 0 Å². The molecule has 1 aromatic heterocycles. The molecule has 0 saturated carbocycles. The molecule has 166 valence electrons. The molecule has 0 aliphatic carbocycles. The lowest BCUT2D eigenvalue weighted by atomic mass is 9.91. The molecule has 1 aliphatic rings. The van der Waals surface area contributed by atoms with Crippen molar-refractivity contribution in [3.8, 4) is 5.75 Å². The van der Waals surface area contributed by atoms with Crippen molar-refractivity contribution >= 4 is 10.9 Å². The molecule has 0 bridgehead atoms. The first-order valence-electron chi connectivity index (χ1n) is 9.75. The zero-order valence-corrected chi connectivity index (χ0v) is 16.7. The van der Waals surface area contributed by atoms with Gasteiger partial charge in [0.2, 0.25) is 0 Å². The fourth-order valence-electron chi connectivity index (χ4n) is 3.98. The molecule has 5 atom stereocenters. The minimum absolute atomic E-state index is 0.107. The van der Waals surface area contributed by atoms with E-state index in [-0.39, 0.29) is 6.54 Å². The highest BCUT2D eigenvalue weighted by atomic mass is 19.1. The fraction of sp³-hybridized carbons (Fsp3) is 0.364. The van der Waals surface area contributed by atoms with Crippen LogP contribution in [0.2, 0.25) is 0 Å². The maximum atomic E-state index is 14.5. The molecule has 9 heteroatoms. The lowest BCUT2D eigenvalue weighted by Crippen LogP contribution is -2.55. The second-order valence-electron chi connectivity index (χ2n) is 7.58. The number of aromatic nitrogens is 1. The van der Waals surface area contributed by atoms with Crippen molar-refractivity contribution < 1.29 is 38.7 Å². The molecule has 4 N–H and O–H groups in total. The summed E-state index contributed by atoms with van der Waals surface area (Å²) in [4.78, 5) is 0. The van der Waals surface area contributed by atoms with Gasteiger partial charge >= 0.3 is 0 Å². The van der Waals surface area contributed by atoms with E-state index in [1.807, 2.05) is 0 Å². The minimum atomic E-state index is -1.57. The van der Waals surface area contributed by atoms with E-state index in [1.165, 1.54) is 31.4 Å². The van der Waals surface area contributed by atoms with Gasteiger partial charge in [0.1, 0.15) is 47.9 Å². The van der Waals surface area contributed by atoms with E-state index in [2.05, 4.69) is 0 Å². The number of halogens is 2. The van der Waals surface area contributed by atoms with Crippen LogP contribution in [0.1, 0.15) is 17.2 Å². The molecule has 0 unspecified atom stereocenters. The van der Waals surface area contributed by atoms with Crippen LogP contribution in [0.15, 0.2) is 42.6 Å². The Bertz CT molecular complexity index is 1090. The van der Waals surface area contributed by atoms with Crippen LogP contribution in [0.3, 0.4) is 0 Å². The van der Waals surface area contributed by atoms with Crippen molar-refractivity contribution in [2.75, 3.05) is 13.7 Å². The number of benzene rings is 2. The Morgan fingerprint density at radius 3 is 2.48 bits per heavy atom. The number of hydrogen-bond donors (Lipinski definition) is 4. The third-order valence-corrected chi connectivity index (χ3v) is 5.67. The van der Waals surface area contributed by atoms with Gasteiger partial charge in [-0.05, 0) is 24.3 Å². The predicted octanol–water partition coefficient (Wildman–Crippen LogP) is 1.49. The molecule has 31 heavy (non-hydrogen) atoms. The number of hydrogen-bond acceptors (Lipinski definition) is 6. The van der Waals surface area contributed by atoms with Crippen LogP contribution >= 0.6 is 0 Å². The highest BCUT2D eigenvalue weighted by Crippen LogP contribution is 2.37. The summed E-state index contributed by atoms with van der Waals surface area (Å²) in [6, 6.07) is 8.52. The number of nitrogens with zero attached hydrogens (tertiary/aromatic N) is 1. The Balaban J connectivity index is 1.78. The largest absolute Gasteiger partial charge is 0.497 e. The molecule has 0 spiro atoms. The molecule has 4 rings (SSSR count). The SMILES string of the molecule is COc1ccc(Cn2cc([C@@H]3O[C@H](CO)[C@@H](O)[C@H](O)[C@H]3O)c3cc(F)ccc32)c(F)c1. The van der Waals surface area contributed by atoms with Crippen LogP contribution in [-0.2, 0) is 11.3 Å². The summed E-state index contributed by atoms with van der Waals surface area (Å²) in [5, 5.41) is 40.6. The van der Waals surface area contributed by atoms with E-state index >= 15 is 0 Å². The molecule has 2 aromatic carbocycles. The average molecular weight is 435 g/mol. The van der Waals surface area contributed by atoms with Crippen molar-refractivity contribution in [3.05, 3.63) is 65.4 Å². The first-order valence-corrected chi connectivity index (χ1v) is 9.75. The molecule has 0 radical (unpaired) electrons. The molecule has 2 heterocycles. The van der Waals surface area contributed by atoms with Gasteiger partial charge in [-0.2, -0.15) is 0 Å². The number of rotatable bonds is 5. The molecular formula is C22H23F2NO6. The van der Waals surface area contributed by atoms with Crippen LogP contribution in [0.25, 0.3) is 10.9 Å². The molecule has 7 nitrogen and oxygen atoms in total. The van der Waals surface area contributed by atoms with Crippen LogP contribution in [-0.4, -0.2) is 63.1 Å². The van der Waals surface area contributed by atoms with Crippen molar-refractivity contribution in [2.24, 2.45) is 0 Å². The minimum Gasteiger partial charge on any atom is -0.497 e. The lowest BCUT2D eigenvalue weighted by Gasteiger charge is -2.40. The summed E-state index contributed by atoms with van der Waals surface area (Å²) in [6.45, 7) is -0.471. The molecular weight excluding hydrogens is 412 g/mol. The normalized spacial score (nSPS) is 26.4. The van der Waals surface area contributed by atoms with E-state index in [0.717, 1.165) is 0 Å². The van der Waals surface area contributed by atoms with Gasteiger partial charge in [0, 0.05) is 34.3 Å². The van der Waals surface area contributed by atoms with Gasteiger partial charge in [-0.1, -0.05) is 6.07 Å². The Morgan fingerprint density at radius 1 is 1.03 bits per heavy atom. The number of ether oxygens (including phenoxy) is 2. The monoisotopic (exact) mass is 435 g/mol. The van der Waals surface area contributed by atoms with Gasteiger partial charge in [-0.15, -0.1) is 0 Å². The van der Waals surface area contributed by atoms with Crippen LogP contribution in [0.5, 0.6) is 5.75 Å². The van der Waals surface area contributed by atoms with Gasteiger partial charge in [0.25, 0.3) is 0 Å². The second-order valence-corrected chi connectivity index (χ2v) is 7.58. The second kappa shape index (κ2) is 8.52. The van der Waals surface area contributed by atoms with Crippen molar-refractivity contribution in [1.82, 2.24) is 4.57 Å². The number of methoxy groups -OCH3 is 1. The predicted molar refractivity (Wildman–Crippen MR) is 107 cm³/mol. The highest BCUT2D eigenvalue weighted by molar-refractivity contribution is 5.84. The first-order chi connectivity index (χ1) is 14.8. The fourth-order valence-corrected chi connectivity index (χ4v) is 3.98. The lowest BCUT2D eigenvalue weighted by molar-refractivity contribution is -0.231. The Morgan fingerprint density at radius 2 is 1.81 bits per heavy atom. The molecule has 0 amide bonds. The summed E-state index contributed by atoms with van der Waals surface area (Å²) >= 11 is 0. The average Bonchev–Trinajstić information content (AvgIpc) is 3.11. The Hall–Kier alpha value is -2.56. The first kappa shape index (κ1) is 21.7. The molecule has 1 saturated heterocycles. The molecule has 3 aromatic rings. The summed E-state index contributed by atoms with van der Waals surface area (Å²) in [5.74, 6) is -0.618. The smallest absolute Gasteiger partial charge is 0.131 e. The van der Waals surface area contributed by atoms with E-state index in [4.69, 9.17) is 9.47 Å². The topological polar surface area (TPSA) is 104 Å². The highest BCUT2D eigenvalue weighted by Gasteiger charge is 2.44. The van der Waals surface area contributed by atoms with Crippen molar-refractivity contribution in [2.45, 2.75) is 37.1 Å². The van der Waals surface area contributed by atoms with Gasteiger partial charge in [-0.25, -0.2) is 8.78 Å². The Kier molecular flexibility index (Phi) is 5.96. The quantitative estimate of drug-likeness (QED) is 0.484. The van der Waals surface area contributed by atoms with Gasteiger partial charge in [0.15, 0.2) is 0 Å². The van der Waals surface area contributed by atoms with E-state index in [9.17, 15) is 29.2 Å². The van der Waals surface area contributed by atoms with E-state index in [1.54, 1.807) is 22.9 Å². The molecule has 1 fully saturated rings. The number of fused-ring (bicyclic) bond motifs is 1. The van der Waals surface area contributed by atoms with Gasteiger partial charge in [0.05, 0.1) is 20.3 Å². The van der Waals surface area contributed by atoms with Crippen LogP contribution in [0, 0.1) is 11.6 Å². The van der Waals surface area contributed by atoms with E-state index < -0.39 is 48.8 Å². The van der Waals surface area contributed by atoms with Crippen LogP contribution < -0.4 is 4.74 Å². The maximum Gasteiger partial charge on any atom is 0.131 e. The third kappa shape index (κ3) is 3.90. The van der Waals surface area contributed by atoms with Gasteiger partial charge < -0.3 is 34.5 Å². The van der Waals surface area contributed by atoms with Crippen LogP contribution in [0.4, 0.5) is 8.78 Å². The maximum absolute atomic E-state index is 14.5. The standard InChI is InChI=1S/C22H23F2NO6/c1-30-13-4-2-11(16(24)7-13)8-25-9-15(14-6-12(23)3-5-17(14)25)22-21(29)20(28)19(27)18(10-26)31-22/h2-7,9,18-22,26-29H,8,10H2,1H3/t18-,19-,20+,21-,22+/m1/s1. The van der Waals surface area contributed by atoms with E-state index in [0.29, 0.717) is 27.8 Å². The third-order valence-electron chi connectivity index (χ3n) is 5.67. The summed E-state index contributed by atoms with van der Waals surface area (Å²) in [5.41, 5.74) is 1.27. The number of aliphatic hydroxyl groups is 4. The Labute approximate surface area is 176 Å². The van der Waals surface area contributed by atoms with Gasteiger partial charge in [-0.3, -0.25) is 0 Å². The van der Waals surface area contributed by atoms with Crippen molar-refractivity contribution in [1.29, 1.82) is 0 Å². The summed E-state index contributed by atoms with van der Waals surface area (Å²) in [7, 11) is 1.44. The number of aliphatic hydroxyl groups excluding tert-OH is 4. The summed E-state index contributed by atoms with van der Waals surface area (Å²) < 4.78 is 40.9. The summed E-state index contributed by atoms with van der Waals surface area (Å²) in [6.07, 6.45) is -5.24. The zero-order chi connectivity index (χ0) is 22.3.